The summed E-state index contributed by atoms with van der Waals surface area (Å²) < 4.78 is 0. The van der Waals surface area contributed by atoms with Gasteiger partial charge < -0.3 is 5.32 Å². The van der Waals surface area contributed by atoms with Gasteiger partial charge in [0.05, 0.1) is 0 Å². The summed E-state index contributed by atoms with van der Waals surface area (Å²) in [6.45, 7) is 2.83. The van der Waals surface area contributed by atoms with Gasteiger partial charge in [0, 0.05) is 7.05 Å². The summed E-state index contributed by atoms with van der Waals surface area (Å²) in [6, 6.07) is 0. The molecule has 0 radical (unpaired) electrons. The van der Waals surface area contributed by atoms with Crippen molar-refractivity contribution in [1.82, 2.24) is 10.8 Å². The highest BCUT2D eigenvalue weighted by Gasteiger charge is 2.34. The van der Waals surface area contributed by atoms with Gasteiger partial charge in [0.25, 0.3) is 5.91 Å². The van der Waals surface area contributed by atoms with Crippen molar-refractivity contribution < 1.29 is 14.8 Å². The molecule has 0 saturated heterocycles. The Kier molecular flexibility index (Phi) is 3.00. The normalized spacial score (nSPS) is 10.5. The number of rotatable bonds is 2. The smallest absolute Gasteiger partial charge is 0.258 e. The third-order valence-corrected chi connectivity index (χ3v) is 1.46. The van der Waals surface area contributed by atoms with Crippen LogP contribution in [0.25, 0.3) is 0 Å². The highest BCUT2D eigenvalue weighted by atomic mass is 16.5. The Morgan fingerprint density at radius 3 is 2.00 bits per heavy atom. The summed E-state index contributed by atoms with van der Waals surface area (Å²) in [5, 5.41) is 10.5. The third kappa shape index (κ3) is 1.91. The van der Waals surface area contributed by atoms with Crippen molar-refractivity contribution in [2.75, 3.05) is 7.05 Å². The molecule has 3 N–H and O–H groups in total. The largest absolute Gasteiger partial charge is 0.358 e. The quantitative estimate of drug-likeness (QED) is 0.283. The van der Waals surface area contributed by atoms with Crippen molar-refractivity contribution in [2.45, 2.75) is 13.8 Å². The predicted octanol–water partition coefficient (Wildman–Crippen LogP) is -0.736. The minimum absolute atomic E-state index is 0.441. The standard InChI is InChI=1S/C6H12N2O3/c1-6(2,4(9)7-3)5(10)8-11/h11H,1-3H3,(H,7,9)(H,8,10). The number of amides is 2. The fourth-order valence-electron chi connectivity index (χ4n) is 0.555. The molecule has 0 fully saturated rings. The van der Waals surface area contributed by atoms with Crippen molar-refractivity contribution in [3.63, 3.8) is 0 Å². The number of nitrogens with one attached hydrogen (secondary N) is 2. The molecule has 5 nitrogen and oxygen atoms in total. The molecule has 0 saturated carbocycles. The van der Waals surface area contributed by atoms with Gasteiger partial charge >= 0.3 is 0 Å². The van der Waals surface area contributed by atoms with Gasteiger partial charge in [-0.3, -0.25) is 14.8 Å². The first kappa shape index (κ1) is 9.90. The van der Waals surface area contributed by atoms with Crippen LogP contribution in [0.5, 0.6) is 0 Å². The summed E-state index contributed by atoms with van der Waals surface area (Å²) >= 11 is 0. The maximum Gasteiger partial charge on any atom is 0.258 e. The van der Waals surface area contributed by atoms with Gasteiger partial charge in [-0.25, -0.2) is 5.48 Å². The zero-order valence-corrected chi connectivity index (χ0v) is 6.76. The summed E-state index contributed by atoms with van der Waals surface area (Å²) in [4.78, 5) is 21.8. The molecule has 2 amide bonds. The van der Waals surface area contributed by atoms with E-state index in [-0.39, 0.29) is 0 Å². The van der Waals surface area contributed by atoms with Gasteiger partial charge in [-0.1, -0.05) is 0 Å². The van der Waals surface area contributed by atoms with Crippen LogP contribution in [0.3, 0.4) is 0 Å². The van der Waals surface area contributed by atoms with E-state index in [0.29, 0.717) is 0 Å². The topological polar surface area (TPSA) is 78.4 Å². The molecule has 0 bridgehead atoms. The Labute approximate surface area is 64.7 Å². The van der Waals surface area contributed by atoms with Gasteiger partial charge in [-0.15, -0.1) is 0 Å². The van der Waals surface area contributed by atoms with Gasteiger partial charge in [-0.05, 0) is 13.8 Å². The van der Waals surface area contributed by atoms with E-state index >= 15 is 0 Å². The lowest BCUT2D eigenvalue weighted by molar-refractivity contribution is -0.146. The molecule has 0 aromatic carbocycles. The lowest BCUT2D eigenvalue weighted by Gasteiger charge is -2.18. The minimum atomic E-state index is -1.23. The van der Waals surface area contributed by atoms with E-state index in [0.717, 1.165) is 0 Å². The van der Waals surface area contributed by atoms with Crippen molar-refractivity contribution in [3.8, 4) is 0 Å². The van der Waals surface area contributed by atoms with Gasteiger partial charge in [0.15, 0.2) is 0 Å². The van der Waals surface area contributed by atoms with E-state index in [1.54, 1.807) is 0 Å². The molecule has 11 heavy (non-hydrogen) atoms. The molecule has 0 rings (SSSR count). The van der Waals surface area contributed by atoms with E-state index in [2.05, 4.69) is 5.32 Å². The molecule has 0 spiro atoms. The molecule has 64 valence electrons. The van der Waals surface area contributed by atoms with E-state index < -0.39 is 17.2 Å². The number of hydroxylamine groups is 1. The predicted molar refractivity (Wildman–Crippen MR) is 37.8 cm³/mol. The van der Waals surface area contributed by atoms with Crippen LogP contribution in [0.15, 0.2) is 0 Å². The Hall–Kier alpha value is -1.10. The van der Waals surface area contributed by atoms with Gasteiger partial charge in [-0.2, -0.15) is 0 Å². The van der Waals surface area contributed by atoms with E-state index in [4.69, 9.17) is 5.21 Å². The van der Waals surface area contributed by atoms with E-state index in [1.807, 2.05) is 0 Å². The van der Waals surface area contributed by atoms with Crippen molar-refractivity contribution in [1.29, 1.82) is 0 Å². The first-order valence-corrected chi connectivity index (χ1v) is 3.13. The summed E-state index contributed by atoms with van der Waals surface area (Å²) in [5.41, 5.74) is 0.188. The second-order valence-corrected chi connectivity index (χ2v) is 2.65. The zero-order chi connectivity index (χ0) is 9.07. The van der Waals surface area contributed by atoms with Crippen molar-refractivity contribution in [2.24, 2.45) is 5.41 Å². The van der Waals surface area contributed by atoms with Gasteiger partial charge in [0.1, 0.15) is 5.41 Å². The van der Waals surface area contributed by atoms with E-state index in [1.165, 1.54) is 26.4 Å². The van der Waals surface area contributed by atoms with Crippen molar-refractivity contribution >= 4 is 11.8 Å². The highest BCUT2D eigenvalue weighted by Crippen LogP contribution is 2.14. The SMILES string of the molecule is CNC(=O)C(C)(C)C(=O)NO. The first-order valence-electron chi connectivity index (χ1n) is 3.13. The monoisotopic (exact) mass is 160 g/mol. The third-order valence-electron chi connectivity index (χ3n) is 1.46. The van der Waals surface area contributed by atoms with E-state index in [9.17, 15) is 9.59 Å². The Bertz CT molecular complexity index is 159. The molecule has 0 aliphatic carbocycles. The summed E-state index contributed by atoms with van der Waals surface area (Å²) in [7, 11) is 1.43. The van der Waals surface area contributed by atoms with Crippen LogP contribution < -0.4 is 10.8 Å². The summed E-state index contributed by atoms with van der Waals surface area (Å²) in [6.07, 6.45) is 0. The van der Waals surface area contributed by atoms with Crippen LogP contribution in [-0.4, -0.2) is 24.1 Å². The van der Waals surface area contributed by atoms with Crippen LogP contribution in [0.4, 0.5) is 0 Å². The lowest BCUT2D eigenvalue weighted by atomic mass is 9.92. The lowest BCUT2D eigenvalue weighted by Crippen LogP contribution is -2.45. The average molecular weight is 160 g/mol. The van der Waals surface area contributed by atoms with Crippen LogP contribution in [0, 0.1) is 5.41 Å². The Morgan fingerprint density at radius 1 is 1.27 bits per heavy atom. The first-order chi connectivity index (χ1) is 4.96. The number of carbonyl (C=O) groups is 2. The second-order valence-electron chi connectivity index (χ2n) is 2.65. The molecule has 0 aromatic heterocycles. The number of hydrogen-bond acceptors (Lipinski definition) is 3. The van der Waals surface area contributed by atoms with Crippen LogP contribution in [0.2, 0.25) is 0 Å². The number of carbonyl (C=O) groups excluding carboxylic acids is 2. The van der Waals surface area contributed by atoms with Gasteiger partial charge in [0.2, 0.25) is 5.91 Å². The molecule has 0 atom stereocenters. The maximum absolute atomic E-state index is 11.0. The molecular formula is C6H12N2O3. The zero-order valence-electron chi connectivity index (χ0n) is 6.76. The molecule has 5 heteroatoms. The fraction of sp³-hybridized carbons (Fsp3) is 0.667. The fourth-order valence-corrected chi connectivity index (χ4v) is 0.555. The van der Waals surface area contributed by atoms with Crippen molar-refractivity contribution in [3.05, 3.63) is 0 Å². The molecule has 0 aromatic rings. The molecule has 0 aliphatic heterocycles. The van der Waals surface area contributed by atoms with Crippen LogP contribution in [-0.2, 0) is 9.59 Å². The highest BCUT2D eigenvalue weighted by molar-refractivity contribution is 6.03. The molecular weight excluding hydrogens is 148 g/mol. The minimum Gasteiger partial charge on any atom is -0.358 e. The molecule has 0 aliphatic rings. The molecule has 0 unspecified atom stereocenters. The summed E-state index contributed by atoms with van der Waals surface area (Å²) in [5.74, 6) is -1.17. The maximum atomic E-state index is 11.0. The average Bonchev–Trinajstić information content (AvgIpc) is 2.01. The Balaban J connectivity index is 4.44. The number of hydrogen-bond donors (Lipinski definition) is 3. The molecule has 0 heterocycles. The Morgan fingerprint density at radius 2 is 1.73 bits per heavy atom. The second kappa shape index (κ2) is 3.34. The van der Waals surface area contributed by atoms with Crippen LogP contribution >= 0.6 is 0 Å². The van der Waals surface area contributed by atoms with Crippen LogP contribution in [0.1, 0.15) is 13.8 Å².